The van der Waals surface area contributed by atoms with Crippen LogP contribution in [0.15, 0.2) is 98.3 Å². The van der Waals surface area contributed by atoms with Gasteiger partial charge >= 0.3 is 11.4 Å². The fraction of sp³-hybridized carbons (Fsp3) is 0.574. The lowest BCUT2D eigenvalue weighted by atomic mass is 10.0. The van der Waals surface area contributed by atoms with Crippen molar-refractivity contribution in [2.45, 2.75) is 142 Å². The lowest BCUT2D eigenvalue weighted by molar-refractivity contribution is 0.285. The minimum Gasteiger partial charge on any atom is -0.490 e. The van der Waals surface area contributed by atoms with E-state index in [4.69, 9.17) is 30.6 Å². The molecule has 3 atom stereocenters. The second-order valence-electron chi connectivity index (χ2n) is 22.6. The van der Waals surface area contributed by atoms with E-state index in [1.807, 2.05) is 25.8 Å². The standard InChI is InChI=1S/C22H29FN2O5S.C18H26BrFO3S.C12H16FNO.C5H10BrClO2S.C4H4N2O2/c1-16(18-7-8-19(23)20(13-18)30-14-17-5-6-17)15-31(28,29)12-4-2-3-10-25-11-9-21(26)24-22(25)27;1-14(13-24(21,22)10-4-2-3-9-19)16-7-8-17(20)18(11-16)23-12-15-5-6-15;1-8(14)10-4-5-11(13)12(6-10)15-7-9-2-3-9;6-4-2-1-3-5-10(7,8)9;7-3-1-2-5-4(8)6-3/h7-9,11,13,16-17H,2-6,10,12,14-15H2,1H3,(H,24,26,27);7-8,11,14-15H,2-6,9-10,12-13H2,1H3;4-6,8-9H,2-3,7,14H2,1H3;1-5H2;1-2H,(H2,5,6,7,8)/t16-;14-;8-;;/m001../s1. The molecule has 0 bridgehead atoms. The van der Waals surface area contributed by atoms with Crippen LogP contribution in [-0.4, -0.2) is 104 Å². The summed E-state index contributed by atoms with van der Waals surface area (Å²) in [5.41, 5.74) is 6.42. The van der Waals surface area contributed by atoms with E-state index >= 15 is 0 Å². The molecule has 0 saturated heterocycles. The van der Waals surface area contributed by atoms with Crippen LogP contribution in [0.5, 0.6) is 17.2 Å². The number of hydrogen-bond donors (Lipinski definition) is 4. The van der Waals surface area contributed by atoms with E-state index in [1.165, 1.54) is 60.1 Å². The van der Waals surface area contributed by atoms with Gasteiger partial charge in [-0.05, 0) is 167 Å². The minimum atomic E-state index is -3.28. The Morgan fingerprint density at radius 3 is 1.32 bits per heavy atom. The van der Waals surface area contributed by atoms with Gasteiger partial charge in [0.05, 0.1) is 48.6 Å². The van der Waals surface area contributed by atoms with Gasteiger partial charge in [0.25, 0.3) is 11.1 Å². The number of aromatic nitrogens is 4. The smallest absolute Gasteiger partial charge is 0.328 e. The zero-order valence-corrected chi connectivity index (χ0v) is 56.6. The maximum atomic E-state index is 14.0. The molecule has 0 unspecified atom stereocenters. The van der Waals surface area contributed by atoms with Crippen molar-refractivity contribution in [1.82, 2.24) is 19.5 Å². The summed E-state index contributed by atoms with van der Waals surface area (Å²) in [6.07, 6.45) is 16.6. The van der Waals surface area contributed by atoms with Gasteiger partial charge in [-0.3, -0.25) is 19.6 Å². The molecule has 27 heteroatoms. The van der Waals surface area contributed by atoms with Gasteiger partial charge in [0, 0.05) is 58.5 Å². The molecule has 5 N–H and O–H groups in total. The third kappa shape index (κ3) is 32.8. The van der Waals surface area contributed by atoms with Gasteiger partial charge in [0.1, 0.15) is 0 Å². The lowest BCUT2D eigenvalue weighted by Crippen LogP contribution is -2.28. The summed E-state index contributed by atoms with van der Waals surface area (Å²) in [5, 5.41) is 1.83. The zero-order chi connectivity index (χ0) is 64.9. The van der Waals surface area contributed by atoms with Crippen LogP contribution in [0.2, 0.25) is 0 Å². The van der Waals surface area contributed by atoms with Gasteiger partial charge in [0.15, 0.2) is 54.4 Å². The third-order valence-corrected chi connectivity index (χ3v) is 20.3. The van der Waals surface area contributed by atoms with E-state index < -0.39 is 51.5 Å². The number of aryl methyl sites for hydroxylation is 1. The highest BCUT2D eigenvalue weighted by atomic mass is 79.9. The van der Waals surface area contributed by atoms with Crippen LogP contribution < -0.4 is 42.4 Å². The number of nitrogens with two attached hydrogens (primary N) is 1. The molecule has 0 aliphatic heterocycles. The summed E-state index contributed by atoms with van der Waals surface area (Å²) < 4.78 is 129. The summed E-state index contributed by atoms with van der Waals surface area (Å²) in [4.78, 5) is 49.5. The number of ether oxygens (including phenoxy) is 3. The summed E-state index contributed by atoms with van der Waals surface area (Å²) >= 11 is 6.59. The molecule has 3 aliphatic rings. The SMILES string of the molecule is C[C@@H](CS(=O)(=O)CCCCCBr)c1ccc(F)c(OCC2CC2)c1.C[C@@H](CS(=O)(=O)CCCCCn1ccc(=O)[nH]c1=O)c1ccc(F)c(OCC2CC2)c1.C[C@@H](N)c1ccc(F)c(OCC2CC2)c1.O=S(=O)(Cl)CCCCCBr.O=c1cc[nH]c(=O)[nH]1. The molecule has 8 rings (SSSR count). The molecule has 0 spiro atoms. The van der Waals surface area contributed by atoms with E-state index in [-0.39, 0.29) is 75.3 Å². The molecule has 3 saturated carbocycles. The molecule has 0 radical (unpaired) electrons. The monoisotopic (exact) mass is 1440 g/mol. The van der Waals surface area contributed by atoms with E-state index in [1.54, 1.807) is 36.4 Å². The summed E-state index contributed by atoms with van der Waals surface area (Å²) in [7, 11) is -4.65. The summed E-state index contributed by atoms with van der Waals surface area (Å²) in [6.45, 7) is 7.65. The lowest BCUT2D eigenvalue weighted by Gasteiger charge is -2.15. The molecule has 88 heavy (non-hydrogen) atoms. The van der Waals surface area contributed by atoms with E-state index in [0.717, 1.165) is 78.7 Å². The largest absolute Gasteiger partial charge is 0.490 e. The number of unbranched alkanes of at least 4 members (excludes halogenated alkanes) is 6. The fourth-order valence-corrected chi connectivity index (χ4v) is 13.5. The maximum absolute atomic E-state index is 14.0. The first-order chi connectivity index (χ1) is 41.7. The van der Waals surface area contributed by atoms with Crippen molar-refractivity contribution in [3.8, 4) is 17.2 Å². The molecule has 5 aromatic rings. The van der Waals surface area contributed by atoms with Crippen LogP contribution >= 0.6 is 42.5 Å². The molecule has 0 amide bonds. The Hall–Kier alpha value is -4.73. The van der Waals surface area contributed by atoms with Crippen molar-refractivity contribution in [3.63, 3.8) is 0 Å². The van der Waals surface area contributed by atoms with Crippen LogP contribution in [0, 0.1) is 35.2 Å². The quantitative estimate of drug-likeness (QED) is 0.0177. The highest BCUT2D eigenvalue weighted by Crippen LogP contribution is 2.34. The summed E-state index contributed by atoms with van der Waals surface area (Å²) in [6, 6.07) is 16.5. The van der Waals surface area contributed by atoms with E-state index in [0.29, 0.717) is 82.0 Å². The van der Waals surface area contributed by atoms with Crippen molar-refractivity contribution in [3.05, 3.63) is 155 Å². The maximum Gasteiger partial charge on any atom is 0.328 e. The van der Waals surface area contributed by atoms with Gasteiger partial charge in [-0.2, -0.15) is 0 Å². The molecular formula is C61H85Br2ClF3N5O13S3. The average molecular weight is 1440 g/mol. The Balaban J connectivity index is 0.000000256. The normalized spacial score (nSPS) is 14.8. The van der Waals surface area contributed by atoms with Gasteiger partial charge in [-0.1, -0.05) is 83.2 Å². The summed E-state index contributed by atoms with van der Waals surface area (Å²) in [5.74, 6) is 1.33. The Morgan fingerprint density at radius 1 is 0.557 bits per heavy atom. The van der Waals surface area contributed by atoms with Crippen molar-refractivity contribution in [2.75, 3.05) is 59.2 Å². The zero-order valence-electron chi connectivity index (χ0n) is 50.2. The highest BCUT2D eigenvalue weighted by molar-refractivity contribution is 9.09. The number of H-pyrrole nitrogens is 3. The third-order valence-electron chi connectivity index (χ3n) is 14.1. The van der Waals surface area contributed by atoms with Crippen molar-refractivity contribution in [1.29, 1.82) is 0 Å². The first-order valence-electron chi connectivity index (χ1n) is 29.7. The number of sulfone groups is 2. The molecule has 3 aromatic carbocycles. The highest BCUT2D eigenvalue weighted by Gasteiger charge is 2.26. The Morgan fingerprint density at radius 2 is 0.955 bits per heavy atom. The predicted molar refractivity (Wildman–Crippen MR) is 348 cm³/mol. The average Bonchev–Trinajstić information content (AvgIpc) is 4.28. The number of aromatic amines is 3. The van der Waals surface area contributed by atoms with Gasteiger partial charge in [-0.25, -0.2) is 48.0 Å². The number of alkyl halides is 2. The molecular weight excluding hydrogens is 1360 g/mol. The van der Waals surface area contributed by atoms with Crippen molar-refractivity contribution < 1.29 is 52.6 Å². The number of nitrogens with one attached hydrogen (secondary N) is 3. The number of halogens is 6. The van der Waals surface area contributed by atoms with E-state index in [2.05, 4.69) is 41.8 Å². The van der Waals surface area contributed by atoms with Crippen LogP contribution in [0.1, 0.15) is 152 Å². The second kappa shape index (κ2) is 38.8. The number of benzene rings is 3. The number of hydrogen-bond acceptors (Lipinski definition) is 14. The van der Waals surface area contributed by atoms with Crippen LogP contribution in [0.4, 0.5) is 13.2 Å². The predicted octanol–water partition coefficient (Wildman–Crippen LogP) is 11.4. The molecule has 18 nitrogen and oxygen atoms in total. The van der Waals surface area contributed by atoms with Gasteiger partial charge in [0.2, 0.25) is 9.05 Å². The van der Waals surface area contributed by atoms with Crippen LogP contribution in [0.3, 0.4) is 0 Å². The molecule has 492 valence electrons. The van der Waals surface area contributed by atoms with Gasteiger partial charge in [-0.15, -0.1) is 0 Å². The first-order valence-corrected chi connectivity index (χ1v) is 38.1. The number of rotatable bonds is 32. The second-order valence-corrected chi connectivity index (χ2v) is 31.5. The first kappa shape index (κ1) is 75.7. The molecule has 2 heterocycles. The Labute approximate surface area is 536 Å². The Bertz CT molecular complexity index is 3490. The Kier molecular flexibility index (Phi) is 33.4. The van der Waals surface area contributed by atoms with E-state index in [9.17, 15) is 57.6 Å². The minimum absolute atomic E-state index is 0.0138. The van der Waals surface area contributed by atoms with Crippen molar-refractivity contribution in [2.24, 2.45) is 23.5 Å². The molecule has 3 aliphatic carbocycles. The topological polar surface area (TPSA) is 277 Å². The van der Waals surface area contributed by atoms with Crippen LogP contribution in [-0.2, 0) is 35.3 Å². The van der Waals surface area contributed by atoms with Crippen molar-refractivity contribution >= 4 is 71.3 Å². The number of nitrogens with zero attached hydrogens (tertiary/aromatic N) is 1. The fourth-order valence-electron chi connectivity index (χ4n) is 8.31. The van der Waals surface area contributed by atoms with Gasteiger partial charge < -0.3 is 29.5 Å². The molecule has 2 aromatic heterocycles. The molecule has 3 fully saturated rings. The van der Waals surface area contributed by atoms with Crippen LogP contribution in [0.25, 0.3) is 0 Å².